The van der Waals surface area contributed by atoms with E-state index in [0.717, 1.165) is 0 Å². The zero-order valence-electron chi connectivity index (χ0n) is 12.8. The van der Waals surface area contributed by atoms with Crippen LogP contribution in [0.1, 0.15) is 30.1 Å². The summed E-state index contributed by atoms with van der Waals surface area (Å²) in [6.45, 7) is 2.37. The number of hydrogen-bond donors (Lipinski definition) is 1. The molecule has 2 amide bonds. The van der Waals surface area contributed by atoms with E-state index < -0.39 is 18.0 Å². The fourth-order valence-electron chi connectivity index (χ4n) is 2.42. The van der Waals surface area contributed by atoms with Crippen LogP contribution < -0.4 is 5.73 Å². The Morgan fingerprint density at radius 3 is 2.30 bits per heavy atom. The number of piperidine rings is 1. The monoisotopic (exact) mass is 338 g/mol. The number of benzene rings is 1. The third-order valence-electron chi connectivity index (χ3n) is 3.90. The molecule has 1 unspecified atom stereocenters. The Morgan fingerprint density at radius 2 is 1.78 bits per heavy atom. The van der Waals surface area contributed by atoms with Crippen molar-refractivity contribution in [1.82, 2.24) is 4.90 Å². The van der Waals surface area contributed by atoms with Crippen LogP contribution in [0.3, 0.4) is 0 Å². The molecule has 124 valence electrons. The van der Waals surface area contributed by atoms with Crippen LogP contribution in [0.25, 0.3) is 0 Å². The molecule has 1 fully saturated rings. The summed E-state index contributed by atoms with van der Waals surface area (Å²) >= 11 is 5.81. The molecule has 7 heteroatoms. The number of hydrogen-bond acceptors (Lipinski definition) is 4. The first-order chi connectivity index (χ1) is 10.9. The molecule has 23 heavy (non-hydrogen) atoms. The number of primary amides is 1. The van der Waals surface area contributed by atoms with Crippen LogP contribution >= 0.6 is 11.6 Å². The first kappa shape index (κ1) is 17.3. The van der Waals surface area contributed by atoms with Crippen LogP contribution in [-0.4, -0.2) is 41.9 Å². The van der Waals surface area contributed by atoms with Crippen molar-refractivity contribution < 1.29 is 19.1 Å². The summed E-state index contributed by atoms with van der Waals surface area (Å²) in [5.74, 6) is -1.51. The molecule has 0 bridgehead atoms. The van der Waals surface area contributed by atoms with Gasteiger partial charge in [0.2, 0.25) is 0 Å². The minimum Gasteiger partial charge on any atom is -0.452 e. The fourth-order valence-corrected chi connectivity index (χ4v) is 2.55. The first-order valence-corrected chi connectivity index (χ1v) is 7.81. The van der Waals surface area contributed by atoms with Gasteiger partial charge < -0.3 is 15.4 Å². The van der Waals surface area contributed by atoms with Crippen molar-refractivity contribution in [2.75, 3.05) is 13.1 Å². The molecule has 1 heterocycles. The Bertz CT molecular complexity index is 595. The van der Waals surface area contributed by atoms with Crippen molar-refractivity contribution in [1.29, 1.82) is 0 Å². The molecule has 1 aromatic rings. The highest BCUT2D eigenvalue weighted by molar-refractivity contribution is 6.30. The second-order valence-electron chi connectivity index (χ2n) is 5.55. The minimum atomic E-state index is -0.934. The number of nitrogens with zero attached hydrogens (tertiary/aromatic N) is 1. The van der Waals surface area contributed by atoms with Gasteiger partial charge in [-0.25, -0.2) is 0 Å². The molecule has 1 saturated heterocycles. The minimum absolute atomic E-state index is 0.0843. The lowest BCUT2D eigenvalue weighted by molar-refractivity contribution is -0.159. The molecule has 1 aliphatic rings. The van der Waals surface area contributed by atoms with Crippen LogP contribution in [0.4, 0.5) is 0 Å². The zero-order valence-corrected chi connectivity index (χ0v) is 13.6. The Balaban J connectivity index is 1.88. The van der Waals surface area contributed by atoms with E-state index in [2.05, 4.69) is 0 Å². The van der Waals surface area contributed by atoms with Gasteiger partial charge in [-0.05, 0) is 44.0 Å². The lowest BCUT2D eigenvalue weighted by Gasteiger charge is -2.31. The predicted molar refractivity (Wildman–Crippen MR) is 84.8 cm³/mol. The van der Waals surface area contributed by atoms with Gasteiger partial charge >= 0.3 is 5.97 Å². The molecule has 2 N–H and O–H groups in total. The van der Waals surface area contributed by atoms with E-state index in [1.54, 1.807) is 29.2 Å². The van der Waals surface area contributed by atoms with Gasteiger partial charge in [-0.15, -0.1) is 0 Å². The van der Waals surface area contributed by atoms with E-state index in [9.17, 15) is 14.4 Å². The summed E-state index contributed by atoms with van der Waals surface area (Å²) in [5.41, 5.74) is 5.64. The zero-order chi connectivity index (χ0) is 17.0. The van der Waals surface area contributed by atoms with Crippen molar-refractivity contribution >= 4 is 29.4 Å². The summed E-state index contributed by atoms with van der Waals surface area (Å²) in [4.78, 5) is 36.9. The first-order valence-electron chi connectivity index (χ1n) is 7.43. The fraction of sp³-hybridized carbons (Fsp3) is 0.438. The average Bonchev–Trinajstić information content (AvgIpc) is 2.55. The average molecular weight is 339 g/mol. The highest BCUT2D eigenvalue weighted by Gasteiger charge is 2.30. The second-order valence-corrected chi connectivity index (χ2v) is 5.99. The molecule has 6 nitrogen and oxygen atoms in total. The molecular weight excluding hydrogens is 320 g/mol. The Morgan fingerprint density at radius 1 is 1.22 bits per heavy atom. The molecule has 0 radical (unpaired) electrons. The quantitative estimate of drug-likeness (QED) is 0.844. The maximum Gasteiger partial charge on any atom is 0.309 e. The molecule has 0 saturated carbocycles. The summed E-state index contributed by atoms with van der Waals surface area (Å²) in [7, 11) is 0. The number of likely N-dealkylation sites (tertiary alicyclic amines) is 1. The Labute approximate surface area is 139 Å². The molecule has 1 aliphatic heterocycles. The molecule has 2 rings (SSSR count). The van der Waals surface area contributed by atoms with Gasteiger partial charge in [0.05, 0.1) is 5.92 Å². The number of carbonyl (C=O) groups excluding carboxylic acids is 3. The van der Waals surface area contributed by atoms with Gasteiger partial charge in [0.15, 0.2) is 6.10 Å². The summed E-state index contributed by atoms with van der Waals surface area (Å²) < 4.78 is 5.01. The van der Waals surface area contributed by atoms with Crippen LogP contribution in [0.2, 0.25) is 5.02 Å². The summed E-state index contributed by atoms with van der Waals surface area (Å²) in [5, 5.41) is 0.576. The van der Waals surface area contributed by atoms with Crippen LogP contribution in [0.15, 0.2) is 24.3 Å². The smallest absolute Gasteiger partial charge is 0.309 e. The summed E-state index contributed by atoms with van der Waals surface area (Å²) in [6, 6.07) is 6.70. The van der Waals surface area contributed by atoms with Gasteiger partial charge in [0.1, 0.15) is 0 Å². The second kappa shape index (κ2) is 7.46. The number of nitrogens with two attached hydrogens (primary N) is 1. The molecular formula is C16H19ClN2O4. The maximum atomic E-state index is 12.4. The van der Waals surface area contributed by atoms with E-state index in [1.165, 1.54) is 6.92 Å². The Kier molecular flexibility index (Phi) is 5.60. The third-order valence-corrected chi connectivity index (χ3v) is 4.15. The number of amides is 2. The van der Waals surface area contributed by atoms with E-state index in [0.29, 0.717) is 36.5 Å². The van der Waals surface area contributed by atoms with Crippen LogP contribution in [-0.2, 0) is 14.3 Å². The van der Waals surface area contributed by atoms with Gasteiger partial charge in [0.25, 0.3) is 11.8 Å². The lowest BCUT2D eigenvalue weighted by Crippen LogP contribution is -2.41. The third kappa shape index (κ3) is 4.45. The highest BCUT2D eigenvalue weighted by atomic mass is 35.5. The van der Waals surface area contributed by atoms with Gasteiger partial charge in [-0.3, -0.25) is 14.4 Å². The maximum absolute atomic E-state index is 12.4. The number of esters is 1. The lowest BCUT2D eigenvalue weighted by atomic mass is 9.96. The number of ether oxygens (including phenoxy) is 1. The van der Waals surface area contributed by atoms with E-state index in [4.69, 9.17) is 22.1 Å². The normalized spacial score (nSPS) is 16.7. The van der Waals surface area contributed by atoms with Crippen LogP contribution in [0, 0.1) is 5.92 Å². The largest absolute Gasteiger partial charge is 0.452 e. The molecule has 0 aromatic heterocycles. The standard InChI is InChI=1S/C16H19ClN2O4/c1-10(14(18)20)23-16(22)12-6-8-19(9-7-12)15(21)11-2-4-13(17)5-3-11/h2-5,10,12H,6-9H2,1H3,(H2,18,20). The van der Waals surface area contributed by atoms with Crippen molar-refractivity contribution in [3.05, 3.63) is 34.9 Å². The Hall–Kier alpha value is -2.08. The number of rotatable bonds is 4. The van der Waals surface area contributed by atoms with Crippen molar-refractivity contribution in [2.24, 2.45) is 11.7 Å². The summed E-state index contributed by atoms with van der Waals surface area (Å²) in [6.07, 6.45) is 0.0732. The van der Waals surface area contributed by atoms with Crippen LogP contribution in [0.5, 0.6) is 0 Å². The molecule has 1 atom stereocenters. The number of halogens is 1. The van der Waals surface area contributed by atoms with Crippen molar-refractivity contribution in [2.45, 2.75) is 25.9 Å². The van der Waals surface area contributed by atoms with Gasteiger partial charge in [0, 0.05) is 23.7 Å². The predicted octanol–water partition coefficient (Wildman–Crippen LogP) is 1.61. The molecule has 0 aliphatic carbocycles. The topological polar surface area (TPSA) is 89.7 Å². The van der Waals surface area contributed by atoms with Gasteiger partial charge in [-0.1, -0.05) is 11.6 Å². The highest BCUT2D eigenvalue weighted by Crippen LogP contribution is 2.21. The van der Waals surface area contributed by atoms with Gasteiger partial charge in [-0.2, -0.15) is 0 Å². The van der Waals surface area contributed by atoms with Crippen molar-refractivity contribution in [3.63, 3.8) is 0 Å². The molecule has 0 spiro atoms. The molecule has 1 aromatic carbocycles. The van der Waals surface area contributed by atoms with E-state index >= 15 is 0 Å². The van der Waals surface area contributed by atoms with E-state index in [1.807, 2.05) is 0 Å². The van der Waals surface area contributed by atoms with E-state index in [-0.39, 0.29) is 11.8 Å². The van der Waals surface area contributed by atoms with Crippen molar-refractivity contribution in [3.8, 4) is 0 Å². The SMILES string of the molecule is CC(OC(=O)C1CCN(C(=O)c2ccc(Cl)cc2)CC1)C(N)=O. The number of carbonyl (C=O) groups is 3.